The Bertz CT molecular complexity index is 608. The quantitative estimate of drug-likeness (QED) is 0.824. The molecule has 2 aromatic rings. The van der Waals surface area contributed by atoms with Gasteiger partial charge in [-0.1, -0.05) is 30.3 Å². The van der Waals surface area contributed by atoms with Crippen molar-refractivity contribution in [2.24, 2.45) is 0 Å². The smallest absolute Gasteiger partial charge is 0.251 e. The lowest BCUT2D eigenvalue weighted by Gasteiger charge is -2.09. The fraction of sp³-hybridized carbons (Fsp3) is 0.278. The zero-order valence-electron chi connectivity index (χ0n) is 12.7. The maximum absolute atomic E-state index is 12.2. The van der Waals surface area contributed by atoms with Gasteiger partial charge in [-0.2, -0.15) is 0 Å². The number of aliphatic hydroxyl groups is 1. The number of hydrogen-bond acceptors (Lipinski definition) is 3. The van der Waals surface area contributed by atoms with Gasteiger partial charge in [0.05, 0.1) is 7.11 Å². The van der Waals surface area contributed by atoms with Crippen molar-refractivity contribution in [1.29, 1.82) is 0 Å². The Morgan fingerprint density at radius 2 is 1.82 bits per heavy atom. The molecule has 0 aromatic heterocycles. The molecule has 0 saturated carbocycles. The maximum Gasteiger partial charge on any atom is 0.251 e. The highest BCUT2D eigenvalue weighted by Gasteiger charge is 2.09. The van der Waals surface area contributed by atoms with Crippen LogP contribution in [0.4, 0.5) is 0 Å². The fourth-order valence-corrected chi connectivity index (χ4v) is 2.29. The minimum Gasteiger partial charge on any atom is -0.497 e. The lowest BCUT2D eigenvalue weighted by molar-refractivity contribution is 0.0953. The second-order valence-electron chi connectivity index (χ2n) is 4.98. The molecule has 0 aliphatic rings. The second kappa shape index (κ2) is 8.20. The van der Waals surface area contributed by atoms with Crippen molar-refractivity contribution in [2.45, 2.75) is 12.8 Å². The van der Waals surface area contributed by atoms with Crippen molar-refractivity contribution in [2.75, 3.05) is 20.3 Å². The molecule has 2 aromatic carbocycles. The highest BCUT2D eigenvalue weighted by atomic mass is 16.5. The molecule has 4 heteroatoms. The molecule has 4 nitrogen and oxygen atoms in total. The summed E-state index contributed by atoms with van der Waals surface area (Å²) in [6.45, 7) is 0.606. The summed E-state index contributed by atoms with van der Waals surface area (Å²) in [5.74, 6) is 0.725. The number of carbonyl (C=O) groups excluding carboxylic acids is 1. The number of amides is 1. The fourth-order valence-electron chi connectivity index (χ4n) is 2.29. The van der Waals surface area contributed by atoms with E-state index in [0.717, 1.165) is 23.3 Å². The first-order chi connectivity index (χ1) is 10.7. The predicted molar refractivity (Wildman–Crippen MR) is 86.3 cm³/mol. The summed E-state index contributed by atoms with van der Waals surface area (Å²) in [5.41, 5.74) is 2.64. The molecule has 0 atom stereocenters. The van der Waals surface area contributed by atoms with Crippen LogP contribution in [-0.4, -0.2) is 31.3 Å². The molecule has 0 saturated heterocycles. The second-order valence-corrected chi connectivity index (χ2v) is 4.98. The number of benzene rings is 2. The number of ether oxygens (including phenoxy) is 1. The van der Waals surface area contributed by atoms with Crippen LogP contribution >= 0.6 is 0 Å². The third-order valence-electron chi connectivity index (χ3n) is 3.50. The minimum absolute atomic E-state index is 0.0378. The van der Waals surface area contributed by atoms with Gasteiger partial charge in [0, 0.05) is 18.7 Å². The van der Waals surface area contributed by atoms with E-state index in [1.807, 2.05) is 42.5 Å². The Kier molecular flexibility index (Phi) is 5.98. The highest BCUT2D eigenvalue weighted by molar-refractivity contribution is 5.95. The molecule has 0 aliphatic heterocycles. The Morgan fingerprint density at radius 3 is 2.50 bits per heavy atom. The molecule has 0 heterocycles. The van der Waals surface area contributed by atoms with Crippen molar-refractivity contribution in [1.82, 2.24) is 5.32 Å². The van der Waals surface area contributed by atoms with Gasteiger partial charge in [0.2, 0.25) is 0 Å². The molecule has 1 amide bonds. The van der Waals surface area contributed by atoms with E-state index in [1.54, 1.807) is 13.2 Å². The zero-order valence-corrected chi connectivity index (χ0v) is 12.7. The van der Waals surface area contributed by atoms with Gasteiger partial charge in [-0.25, -0.2) is 0 Å². The summed E-state index contributed by atoms with van der Waals surface area (Å²) in [6, 6.07) is 15.2. The van der Waals surface area contributed by atoms with E-state index in [0.29, 0.717) is 18.5 Å². The molecule has 0 spiro atoms. The molecule has 2 N–H and O–H groups in total. The van der Waals surface area contributed by atoms with Crippen LogP contribution in [0.5, 0.6) is 5.75 Å². The molecule has 0 fully saturated rings. The van der Waals surface area contributed by atoms with Crippen molar-refractivity contribution in [3.8, 4) is 5.75 Å². The lowest BCUT2D eigenvalue weighted by atomic mass is 10.0. The van der Waals surface area contributed by atoms with E-state index >= 15 is 0 Å². The Labute approximate surface area is 130 Å². The van der Waals surface area contributed by atoms with Gasteiger partial charge in [0.25, 0.3) is 5.91 Å². The molecule has 22 heavy (non-hydrogen) atoms. The Balaban J connectivity index is 1.89. The van der Waals surface area contributed by atoms with Crippen molar-refractivity contribution in [3.05, 3.63) is 65.2 Å². The van der Waals surface area contributed by atoms with E-state index in [4.69, 9.17) is 9.84 Å². The SMILES string of the molecule is COc1ccc(CCNC(=O)c2ccccc2CCO)cc1. The molecular weight excluding hydrogens is 278 g/mol. The summed E-state index contributed by atoms with van der Waals surface area (Å²) in [5, 5.41) is 12.0. The van der Waals surface area contributed by atoms with Crippen molar-refractivity contribution in [3.63, 3.8) is 0 Å². The first-order valence-corrected chi connectivity index (χ1v) is 7.34. The van der Waals surface area contributed by atoms with Crippen LogP contribution in [0.25, 0.3) is 0 Å². The zero-order chi connectivity index (χ0) is 15.8. The number of hydrogen-bond donors (Lipinski definition) is 2. The largest absolute Gasteiger partial charge is 0.497 e. The number of nitrogens with one attached hydrogen (secondary N) is 1. The standard InChI is InChI=1S/C18H21NO3/c1-22-16-8-6-14(7-9-16)10-12-19-18(21)17-5-3-2-4-15(17)11-13-20/h2-9,20H,10-13H2,1H3,(H,19,21). The van der Waals surface area contributed by atoms with Crippen LogP contribution in [0.15, 0.2) is 48.5 Å². The summed E-state index contributed by atoms with van der Waals surface area (Å²) >= 11 is 0. The van der Waals surface area contributed by atoms with Crippen LogP contribution in [0.2, 0.25) is 0 Å². The minimum atomic E-state index is -0.0995. The van der Waals surface area contributed by atoms with E-state index in [2.05, 4.69) is 5.32 Å². The van der Waals surface area contributed by atoms with Gasteiger partial charge in [-0.15, -0.1) is 0 Å². The first-order valence-electron chi connectivity index (χ1n) is 7.34. The normalized spacial score (nSPS) is 10.3. The summed E-state index contributed by atoms with van der Waals surface area (Å²) < 4.78 is 5.12. The topological polar surface area (TPSA) is 58.6 Å². The highest BCUT2D eigenvalue weighted by Crippen LogP contribution is 2.12. The maximum atomic E-state index is 12.2. The van der Waals surface area contributed by atoms with Crippen molar-refractivity contribution >= 4 is 5.91 Å². The van der Waals surface area contributed by atoms with Crippen LogP contribution in [-0.2, 0) is 12.8 Å². The van der Waals surface area contributed by atoms with E-state index in [9.17, 15) is 4.79 Å². The molecule has 0 aliphatic carbocycles. The average Bonchev–Trinajstić information content (AvgIpc) is 2.56. The number of aliphatic hydroxyl groups excluding tert-OH is 1. The molecule has 0 bridgehead atoms. The number of rotatable bonds is 7. The third-order valence-corrected chi connectivity index (χ3v) is 3.50. The van der Waals surface area contributed by atoms with Gasteiger partial charge in [-0.3, -0.25) is 4.79 Å². The molecule has 2 rings (SSSR count). The van der Waals surface area contributed by atoms with Gasteiger partial charge in [0.1, 0.15) is 5.75 Å². The Hall–Kier alpha value is -2.33. The summed E-state index contributed by atoms with van der Waals surface area (Å²) in [7, 11) is 1.64. The molecule has 116 valence electrons. The summed E-state index contributed by atoms with van der Waals surface area (Å²) in [4.78, 5) is 12.2. The van der Waals surface area contributed by atoms with Crippen LogP contribution in [0.1, 0.15) is 21.5 Å². The lowest BCUT2D eigenvalue weighted by Crippen LogP contribution is -2.26. The monoisotopic (exact) mass is 299 g/mol. The van der Waals surface area contributed by atoms with Gasteiger partial charge in [0.15, 0.2) is 0 Å². The van der Waals surface area contributed by atoms with Gasteiger partial charge >= 0.3 is 0 Å². The van der Waals surface area contributed by atoms with E-state index < -0.39 is 0 Å². The average molecular weight is 299 g/mol. The van der Waals surface area contributed by atoms with Crippen LogP contribution in [0, 0.1) is 0 Å². The Morgan fingerprint density at radius 1 is 1.09 bits per heavy atom. The van der Waals surface area contributed by atoms with Gasteiger partial charge in [-0.05, 0) is 42.2 Å². The summed E-state index contributed by atoms with van der Waals surface area (Å²) in [6.07, 6.45) is 1.25. The molecule has 0 unspecified atom stereocenters. The van der Waals surface area contributed by atoms with E-state index in [-0.39, 0.29) is 12.5 Å². The number of methoxy groups -OCH3 is 1. The van der Waals surface area contributed by atoms with E-state index in [1.165, 1.54) is 0 Å². The van der Waals surface area contributed by atoms with Crippen LogP contribution < -0.4 is 10.1 Å². The van der Waals surface area contributed by atoms with Crippen LogP contribution in [0.3, 0.4) is 0 Å². The number of carbonyl (C=O) groups is 1. The van der Waals surface area contributed by atoms with Crippen molar-refractivity contribution < 1.29 is 14.6 Å². The molecular formula is C18H21NO3. The first kappa shape index (κ1) is 16.0. The molecule has 0 radical (unpaired) electrons. The van der Waals surface area contributed by atoms with Gasteiger partial charge < -0.3 is 15.2 Å². The predicted octanol–water partition coefficient (Wildman–Crippen LogP) is 2.20. The third kappa shape index (κ3) is 4.33.